The van der Waals surface area contributed by atoms with E-state index in [0.29, 0.717) is 30.7 Å². The van der Waals surface area contributed by atoms with E-state index in [0.717, 1.165) is 6.42 Å². The molecule has 0 saturated heterocycles. The van der Waals surface area contributed by atoms with Crippen LogP contribution in [-0.2, 0) is 0 Å². The number of nitrogens with two attached hydrogens (primary N) is 1. The molecule has 2 saturated carbocycles. The zero-order chi connectivity index (χ0) is 12.7. The largest absolute Gasteiger partial charge is 0.330 e. The minimum atomic E-state index is -2.44. The van der Waals surface area contributed by atoms with E-state index < -0.39 is 5.92 Å². The smallest absolute Gasteiger partial charge is 0.248 e. The van der Waals surface area contributed by atoms with Crippen LogP contribution < -0.4 is 5.73 Å². The first-order valence-electron chi connectivity index (χ1n) is 6.87. The van der Waals surface area contributed by atoms with Crippen LogP contribution in [0.3, 0.4) is 0 Å². The van der Waals surface area contributed by atoms with E-state index in [1.165, 1.54) is 12.8 Å². The van der Waals surface area contributed by atoms with E-state index >= 15 is 0 Å². The fraction of sp³-hybridized carbons (Fsp3) is 1.00. The molecule has 1 nitrogen and oxygen atoms in total. The van der Waals surface area contributed by atoms with Crippen LogP contribution in [0.25, 0.3) is 0 Å². The number of halogens is 2. The fourth-order valence-corrected chi connectivity index (χ4v) is 3.85. The van der Waals surface area contributed by atoms with E-state index in [2.05, 4.69) is 13.8 Å². The Morgan fingerprint density at radius 1 is 1.06 bits per heavy atom. The Bertz CT molecular complexity index is 276. The second-order valence-electron chi connectivity index (χ2n) is 7.03. The number of hydrogen-bond acceptors (Lipinski definition) is 1. The van der Waals surface area contributed by atoms with Crippen LogP contribution in [0.5, 0.6) is 0 Å². The molecule has 2 aliphatic carbocycles. The maximum Gasteiger partial charge on any atom is 0.248 e. The van der Waals surface area contributed by atoms with Crippen molar-refractivity contribution in [1.82, 2.24) is 0 Å². The van der Waals surface area contributed by atoms with Crippen LogP contribution in [0.15, 0.2) is 0 Å². The lowest BCUT2D eigenvalue weighted by Crippen LogP contribution is -2.43. The highest BCUT2D eigenvalue weighted by molar-refractivity contribution is 4.98. The minimum Gasteiger partial charge on any atom is -0.330 e. The van der Waals surface area contributed by atoms with Gasteiger partial charge >= 0.3 is 0 Å². The lowest BCUT2D eigenvalue weighted by Gasteiger charge is -2.44. The first-order chi connectivity index (χ1) is 7.79. The average Bonchev–Trinajstić information content (AvgIpc) is 2.60. The van der Waals surface area contributed by atoms with Gasteiger partial charge in [0.05, 0.1) is 0 Å². The van der Waals surface area contributed by atoms with Gasteiger partial charge in [0.1, 0.15) is 0 Å². The van der Waals surface area contributed by atoms with Crippen molar-refractivity contribution in [2.24, 2.45) is 22.5 Å². The fourth-order valence-electron chi connectivity index (χ4n) is 3.85. The normalized spacial score (nSPS) is 34.8. The van der Waals surface area contributed by atoms with Crippen LogP contribution in [0.4, 0.5) is 8.78 Å². The minimum absolute atomic E-state index is 0.00938. The summed E-state index contributed by atoms with van der Waals surface area (Å²) in [6, 6.07) is 0. The molecule has 1 atom stereocenters. The first kappa shape index (κ1) is 13.3. The molecule has 0 radical (unpaired) electrons. The van der Waals surface area contributed by atoms with Gasteiger partial charge in [0, 0.05) is 12.8 Å². The van der Waals surface area contributed by atoms with Crippen molar-refractivity contribution in [1.29, 1.82) is 0 Å². The van der Waals surface area contributed by atoms with Gasteiger partial charge in [-0.25, -0.2) is 8.78 Å². The van der Waals surface area contributed by atoms with Crippen LogP contribution >= 0.6 is 0 Å². The highest BCUT2D eigenvalue weighted by atomic mass is 19.3. The van der Waals surface area contributed by atoms with Crippen molar-refractivity contribution in [3.05, 3.63) is 0 Å². The Morgan fingerprint density at radius 3 is 2.06 bits per heavy atom. The summed E-state index contributed by atoms with van der Waals surface area (Å²) in [5.74, 6) is -1.87. The van der Waals surface area contributed by atoms with Crippen molar-refractivity contribution in [2.75, 3.05) is 6.54 Å². The van der Waals surface area contributed by atoms with Gasteiger partial charge in [-0.3, -0.25) is 0 Å². The zero-order valence-electron chi connectivity index (χ0n) is 11.1. The summed E-state index contributed by atoms with van der Waals surface area (Å²) in [7, 11) is 0. The van der Waals surface area contributed by atoms with Crippen molar-refractivity contribution >= 4 is 0 Å². The quantitative estimate of drug-likeness (QED) is 0.782. The highest BCUT2D eigenvalue weighted by Gasteiger charge is 2.49. The SMILES string of the molecule is CC1(C)CCC(C2(CN)CCC(F)(F)CC2)C1. The van der Waals surface area contributed by atoms with Crippen LogP contribution in [0, 0.1) is 16.7 Å². The van der Waals surface area contributed by atoms with Gasteiger partial charge < -0.3 is 5.73 Å². The van der Waals surface area contributed by atoms with Gasteiger partial charge in [0.25, 0.3) is 0 Å². The van der Waals surface area contributed by atoms with Crippen LogP contribution in [0.1, 0.15) is 58.8 Å². The number of rotatable bonds is 2. The van der Waals surface area contributed by atoms with E-state index in [1.54, 1.807) is 0 Å². The third kappa shape index (κ3) is 2.64. The van der Waals surface area contributed by atoms with E-state index in [9.17, 15) is 8.78 Å². The molecule has 1 unspecified atom stereocenters. The number of hydrogen-bond donors (Lipinski definition) is 1. The second-order valence-corrected chi connectivity index (χ2v) is 7.03. The molecule has 0 amide bonds. The van der Waals surface area contributed by atoms with Crippen molar-refractivity contribution < 1.29 is 8.78 Å². The van der Waals surface area contributed by atoms with E-state index in [4.69, 9.17) is 5.73 Å². The summed E-state index contributed by atoms with van der Waals surface area (Å²) in [4.78, 5) is 0. The van der Waals surface area contributed by atoms with Gasteiger partial charge in [-0.15, -0.1) is 0 Å². The molecule has 0 aliphatic heterocycles. The lowest BCUT2D eigenvalue weighted by molar-refractivity contribution is -0.0788. The van der Waals surface area contributed by atoms with Gasteiger partial charge in [-0.2, -0.15) is 0 Å². The Morgan fingerprint density at radius 2 is 1.65 bits per heavy atom. The molecule has 100 valence electrons. The van der Waals surface area contributed by atoms with E-state index in [1.807, 2.05) is 0 Å². The standard InChI is InChI=1S/C14H25F2N/c1-12(2)4-3-11(9-12)13(10-17)5-7-14(15,16)8-6-13/h11H,3-10,17H2,1-2H3. The molecule has 2 fully saturated rings. The summed E-state index contributed by atoms with van der Waals surface area (Å²) in [5, 5.41) is 0. The zero-order valence-corrected chi connectivity index (χ0v) is 11.1. The number of alkyl halides is 2. The third-order valence-electron chi connectivity index (χ3n) is 5.22. The summed E-state index contributed by atoms with van der Waals surface area (Å²) >= 11 is 0. The Hall–Kier alpha value is -0.180. The summed E-state index contributed by atoms with van der Waals surface area (Å²) in [5.41, 5.74) is 6.34. The molecule has 0 aromatic carbocycles. The molecular formula is C14H25F2N. The Balaban J connectivity index is 2.07. The molecule has 0 spiro atoms. The lowest BCUT2D eigenvalue weighted by atomic mass is 9.64. The Labute approximate surface area is 103 Å². The predicted molar refractivity (Wildman–Crippen MR) is 66.0 cm³/mol. The summed E-state index contributed by atoms with van der Waals surface area (Å²) in [6.45, 7) is 5.16. The van der Waals surface area contributed by atoms with Crippen molar-refractivity contribution in [3.8, 4) is 0 Å². The van der Waals surface area contributed by atoms with Crippen molar-refractivity contribution in [2.45, 2.75) is 64.7 Å². The van der Waals surface area contributed by atoms with Crippen LogP contribution in [0.2, 0.25) is 0 Å². The molecule has 0 bridgehead atoms. The molecular weight excluding hydrogens is 220 g/mol. The molecule has 17 heavy (non-hydrogen) atoms. The Kier molecular flexibility index (Phi) is 3.26. The monoisotopic (exact) mass is 245 g/mol. The predicted octanol–water partition coefficient (Wildman–Crippen LogP) is 3.97. The van der Waals surface area contributed by atoms with Gasteiger partial charge in [0.2, 0.25) is 5.92 Å². The summed E-state index contributed by atoms with van der Waals surface area (Å²) in [6.07, 6.45) is 4.89. The topological polar surface area (TPSA) is 26.0 Å². The molecule has 2 rings (SSSR count). The van der Waals surface area contributed by atoms with Gasteiger partial charge in [-0.1, -0.05) is 13.8 Å². The van der Waals surface area contributed by atoms with E-state index in [-0.39, 0.29) is 18.3 Å². The van der Waals surface area contributed by atoms with Gasteiger partial charge in [0.15, 0.2) is 0 Å². The average molecular weight is 245 g/mol. The molecule has 2 N–H and O–H groups in total. The second kappa shape index (κ2) is 4.18. The maximum atomic E-state index is 13.3. The maximum absolute atomic E-state index is 13.3. The molecule has 0 heterocycles. The summed E-state index contributed by atoms with van der Waals surface area (Å²) < 4.78 is 26.6. The van der Waals surface area contributed by atoms with Gasteiger partial charge in [-0.05, 0) is 55.4 Å². The molecule has 0 aromatic rings. The van der Waals surface area contributed by atoms with Crippen LogP contribution in [-0.4, -0.2) is 12.5 Å². The highest BCUT2D eigenvalue weighted by Crippen LogP contribution is 2.55. The molecule has 0 aromatic heterocycles. The molecule has 3 heteroatoms. The first-order valence-corrected chi connectivity index (χ1v) is 6.87. The molecule has 2 aliphatic rings. The van der Waals surface area contributed by atoms with Crippen molar-refractivity contribution in [3.63, 3.8) is 0 Å². The third-order valence-corrected chi connectivity index (χ3v) is 5.22.